The highest BCUT2D eigenvalue weighted by Gasteiger charge is 2.21. The number of carbonyl (C=O) groups is 2. The predicted octanol–water partition coefficient (Wildman–Crippen LogP) is 5.68. The Bertz CT molecular complexity index is 1050. The molecule has 0 heterocycles. The smallest absolute Gasteiger partial charge is 0.336 e. The van der Waals surface area contributed by atoms with Gasteiger partial charge in [-0.1, -0.05) is 67.4 Å². The maximum Gasteiger partial charge on any atom is 0.336 e. The number of hydrogen-bond acceptors (Lipinski definition) is 2. The fourth-order valence-electron chi connectivity index (χ4n) is 3.65. The maximum absolute atomic E-state index is 11.9. The standard InChI is InChI=1S/C24H22O4/c1-3-8-16-13-15(2)14-21(17-9-4-6-11-19(17)23(25)26)22(16)18-10-5-7-12-20(18)24(27)28/h4-7,9-14H,3,8H2,1-2H3,(H,25,26)(H,27,28). The van der Waals surface area contributed by atoms with Gasteiger partial charge in [-0.05, 0) is 53.3 Å². The number of rotatable bonds is 6. The quantitative estimate of drug-likeness (QED) is 0.582. The monoisotopic (exact) mass is 374 g/mol. The summed E-state index contributed by atoms with van der Waals surface area (Å²) >= 11 is 0. The molecule has 4 heteroatoms. The minimum Gasteiger partial charge on any atom is -0.478 e. The lowest BCUT2D eigenvalue weighted by atomic mass is 9.84. The van der Waals surface area contributed by atoms with E-state index < -0.39 is 11.9 Å². The Hall–Kier alpha value is -3.40. The van der Waals surface area contributed by atoms with Gasteiger partial charge in [-0.15, -0.1) is 0 Å². The molecule has 0 saturated heterocycles. The Labute approximate surface area is 164 Å². The van der Waals surface area contributed by atoms with Gasteiger partial charge in [0.15, 0.2) is 0 Å². The SMILES string of the molecule is CCCc1cc(C)cc(-c2ccccc2C(=O)O)c1-c1ccccc1C(=O)O. The molecule has 0 aliphatic rings. The summed E-state index contributed by atoms with van der Waals surface area (Å²) in [6, 6.07) is 17.7. The molecule has 0 aromatic heterocycles. The van der Waals surface area contributed by atoms with Gasteiger partial charge in [-0.25, -0.2) is 9.59 Å². The summed E-state index contributed by atoms with van der Waals surface area (Å²) in [6.07, 6.45) is 1.67. The van der Waals surface area contributed by atoms with Crippen LogP contribution in [0.25, 0.3) is 22.3 Å². The summed E-state index contributed by atoms with van der Waals surface area (Å²) < 4.78 is 0. The molecule has 0 radical (unpaired) electrons. The molecule has 0 saturated carbocycles. The first-order chi connectivity index (χ1) is 13.4. The lowest BCUT2D eigenvalue weighted by Gasteiger charge is -2.19. The van der Waals surface area contributed by atoms with Crippen LogP contribution in [0.3, 0.4) is 0 Å². The molecule has 3 rings (SSSR count). The van der Waals surface area contributed by atoms with Gasteiger partial charge in [0.25, 0.3) is 0 Å². The summed E-state index contributed by atoms with van der Waals surface area (Å²) in [6.45, 7) is 4.04. The van der Waals surface area contributed by atoms with Crippen molar-refractivity contribution in [3.63, 3.8) is 0 Å². The normalized spacial score (nSPS) is 10.6. The van der Waals surface area contributed by atoms with Crippen LogP contribution in [0.2, 0.25) is 0 Å². The average Bonchev–Trinajstić information content (AvgIpc) is 2.67. The zero-order valence-electron chi connectivity index (χ0n) is 15.9. The Balaban J connectivity index is 2.43. The Morgan fingerprint density at radius 1 is 0.786 bits per heavy atom. The molecule has 3 aromatic carbocycles. The molecular weight excluding hydrogens is 352 g/mol. The molecule has 0 aliphatic heterocycles. The van der Waals surface area contributed by atoms with Crippen LogP contribution in [0.15, 0.2) is 60.7 Å². The van der Waals surface area contributed by atoms with Gasteiger partial charge in [0.1, 0.15) is 0 Å². The molecule has 0 amide bonds. The van der Waals surface area contributed by atoms with Crippen molar-refractivity contribution in [3.05, 3.63) is 82.9 Å². The molecule has 0 aliphatic carbocycles. The lowest BCUT2D eigenvalue weighted by Crippen LogP contribution is -2.05. The molecule has 0 fully saturated rings. The van der Waals surface area contributed by atoms with Crippen molar-refractivity contribution in [2.75, 3.05) is 0 Å². The number of hydrogen-bond donors (Lipinski definition) is 2. The van der Waals surface area contributed by atoms with Crippen molar-refractivity contribution in [1.29, 1.82) is 0 Å². The van der Waals surface area contributed by atoms with E-state index in [9.17, 15) is 19.8 Å². The number of benzene rings is 3. The summed E-state index contributed by atoms with van der Waals surface area (Å²) in [5, 5.41) is 19.4. The van der Waals surface area contributed by atoms with E-state index in [1.54, 1.807) is 42.5 Å². The summed E-state index contributed by atoms with van der Waals surface area (Å²) in [7, 11) is 0. The number of aryl methyl sites for hydroxylation is 2. The molecule has 2 N–H and O–H groups in total. The third-order valence-corrected chi connectivity index (χ3v) is 4.76. The van der Waals surface area contributed by atoms with E-state index in [4.69, 9.17) is 0 Å². The third kappa shape index (κ3) is 3.67. The zero-order valence-corrected chi connectivity index (χ0v) is 15.9. The van der Waals surface area contributed by atoms with Gasteiger partial charge in [0, 0.05) is 0 Å². The number of carboxylic acid groups (broad SMARTS) is 2. The van der Waals surface area contributed by atoms with Crippen LogP contribution < -0.4 is 0 Å². The Morgan fingerprint density at radius 3 is 1.89 bits per heavy atom. The van der Waals surface area contributed by atoms with Gasteiger partial charge < -0.3 is 10.2 Å². The van der Waals surface area contributed by atoms with E-state index >= 15 is 0 Å². The second kappa shape index (κ2) is 8.09. The van der Waals surface area contributed by atoms with Gasteiger partial charge >= 0.3 is 11.9 Å². The van der Waals surface area contributed by atoms with Crippen molar-refractivity contribution in [1.82, 2.24) is 0 Å². The van der Waals surface area contributed by atoms with Crippen LogP contribution in [0.5, 0.6) is 0 Å². The van der Waals surface area contributed by atoms with E-state index in [1.165, 1.54) is 0 Å². The molecule has 142 valence electrons. The first-order valence-electron chi connectivity index (χ1n) is 9.23. The van der Waals surface area contributed by atoms with Gasteiger partial charge in [0.2, 0.25) is 0 Å². The van der Waals surface area contributed by atoms with Crippen molar-refractivity contribution < 1.29 is 19.8 Å². The van der Waals surface area contributed by atoms with Gasteiger partial charge in [-0.2, -0.15) is 0 Å². The van der Waals surface area contributed by atoms with Crippen LogP contribution in [0, 0.1) is 6.92 Å². The highest BCUT2D eigenvalue weighted by Crippen LogP contribution is 2.39. The van der Waals surface area contributed by atoms with Crippen LogP contribution in [0.1, 0.15) is 45.2 Å². The van der Waals surface area contributed by atoms with Crippen molar-refractivity contribution in [3.8, 4) is 22.3 Å². The topological polar surface area (TPSA) is 74.6 Å². The van der Waals surface area contributed by atoms with Crippen molar-refractivity contribution in [2.24, 2.45) is 0 Å². The van der Waals surface area contributed by atoms with E-state index in [1.807, 2.05) is 19.1 Å². The van der Waals surface area contributed by atoms with Crippen molar-refractivity contribution >= 4 is 11.9 Å². The molecule has 3 aromatic rings. The summed E-state index contributed by atoms with van der Waals surface area (Å²) in [5.74, 6) is -2.01. The van der Waals surface area contributed by atoms with E-state index in [2.05, 4.69) is 13.0 Å². The zero-order chi connectivity index (χ0) is 20.3. The first kappa shape index (κ1) is 19.4. The van der Waals surface area contributed by atoms with E-state index in [0.29, 0.717) is 11.1 Å². The highest BCUT2D eigenvalue weighted by molar-refractivity contribution is 6.03. The highest BCUT2D eigenvalue weighted by atomic mass is 16.4. The molecule has 0 spiro atoms. The fourth-order valence-corrected chi connectivity index (χ4v) is 3.65. The number of aromatic carboxylic acids is 2. The van der Waals surface area contributed by atoms with Crippen LogP contribution in [-0.2, 0) is 6.42 Å². The van der Waals surface area contributed by atoms with E-state index in [-0.39, 0.29) is 11.1 Å². The first-order valence-corrected chi connectivity index (χ1v) is 9.23. The van der Waals surface area contributed by atoms with Crippen LogP contribution in [0.4, 0.5) is 0 Å². The summed E-state index contributed by atoms with van der Waals surface area (Å²) in [4.78, 5) is 23.7. The van der Waals surface area contributed by atoms with Crippen molar-refractivity contribution in [2.45, 2.75) is 26.7 Å². The molecule has 0 bridgehead atoms. The Morgan fingerprint density at radius 2 is 1.32 bits per heavy atom. The molecule has 28 heavy (non-hydrogen) atoms. The third-order valence-electron chi connectivity index (χ3n) is 4.76. The second-order valence-corrected chi connectivity index (χ2v) is 6.80. The van der Waals surface area contributed by atoms with E-state index in [0.717, 1.165) is 35.1 Å². The summed E-state index contributed by atoms with van der Waals surface area (Å²) in [5.41, 5.74) is 5.16. The predicted molar refractivity (Wildman–Crippen MR) is 110 cm³/mol. The molecule has 4 nitrogen and oxygen atoms in total. The molecule has 0 atom stereocenters. The second-order valence-electron chi connectivity index (χ2n) is 6.80. The largest absolute Gasteiger partial charge is 0.478 e. The minimum atomic E-state index is -1.01. The molecular formula is C24H22O4. The van der Waals surface area contributed by atoms with Gasteiger partial charge in [0.05, 0.1) is 11.1 Å². The van der Waals surface area contributed by atoms with Crippen LogP contribution >= 0.6 is 0 Å². The fraction of sp³-hybridized carbons (Fsp3) is 0.167. The van der Waals surface area contributed by atoms with Crippen LogP contribution in [-0.4, -0.2) is 22.2 Å². The molecule has 0 unspecified atom stereocenters. The number of carboxylic acids is 2. The average molecular weight is 374 g/mol. The van der Waals surface area contributed by atoms with Gasteiger partial charge in [-0.3, -0.25) is 0 Å². The minimum absolute atomic E-state index is 0.199. The maximum atomic E-state index is 11.9. The Kier molecular flexibility index (Phi) is 5.59. The lowest BCUT2D eigenvalue weighted by molar-refractivity contribution is 0.0686.